The number of amides is 2. The lowest BCUT2D eigenvalue weighted by Crippen LogP contribution is -2.48. The molecule has 198 valence electrons. The van der Waals surface area contributed by atoms with Gasteiger partial charge in [0.2, 0.25) is 21.8 Å². The highest BCUT2D eigenvalue weighted by molar-refractivity contribution is 9.10. The summed E-state index contributed by atoms with van der Waals surface area (Å²) in [6.07, 6.45) is 1.63. The number of sulfonamides is 1. The Labute approximate surface area is 224 Å². The Morgan fingerprint density at radius 1 is 1.03 bits per heavy atom. The largest absolute Gasteiger partial charge is 0.354 e. The molecular weight excluding hydrogens is 542 g/mol. The van der Waals surface area contributed by atoms with Crippen LogP contribution < -0.4 is 9.62 Å². The Morgan fingerprint density at radius 3 is 2.25 bits per heavy atom. The number of carbonyl (C=O) groups is 2. The summed E-state index contributed by atoms with van der Waals surface area (Å²) in [5, 5.41) is 2.91. The second-order valence-electron chi connectivity index (χ2n) is 9.62. The van der Waals surface area contributed by atoms with Crippen molar-refractivity contribution >= 4 is 43.5 Å². The van der Waals surface area contributed by atoms with Gasteiger partial charge in [0.1, 0.15) is 6.04 Å². The van der Waals surface area contributed by atoms with Gasteiger partial charge in [-0.05, 0) is 68.0 Å². The molecule has 0 aromatic heterocycles. The average Bonchev–Trinajstić information content (AvgIpc) is 2.80. The minimum absolute atomic E-state index is 0.120. The summed E-state index contributed by atoms with van der Waals surface area (Å²) in [4.78, 5) is 27.7. The first-order valence-electron chi connectivity index (χ1n) is 12.2. The van der Waals surface area contributed by atoms with Crippen LogP contribution in [0.3, 0.4) is 0 Å². The number of halogens is 1. The molecule has 9 heteroatoms. The van der Waals surface area contributed by atoms with Crippen LogP contribution in [0.2, 0.25) is 0 Å². The molecule has 0 radical (unpaired) electrons. The van der Waals surface area contributed by atoms with Crippen molar-refractivity contribution in [2.45, 2.75) is 60.0 Å². The molecule has 1 N–H and O–H groups in total. The van der Waals surface area contributed by atoms with Crippen molar-refractivity contribution in [2.75, 3.05) is 23.7 Å². The van der Waals surface area contributed by atoms with E-state index in [-0.39, 0.29) is 31.3 Å². The number of hydrogen-bond acceptors (Lipinski definition) is 4. The summed E-state index contributed by atoms with van der Waals surface area (Å²) < 4.78 is 27.4. The summed E-state index contributed by atoms with van der Waals surface area (Å²) in [6, 6.07) is 12.5. The van der Waals surface area contributed by atoms with Crippen molar-refractivity contribution in [3.05, 3.63) is 63.6 Å². The lowest BCUT2D eigenvalue weighted by Gasteiger charge is -2.30. The van der Waals surface area contributed by atoms with E-state index in [1.54, 1.807) is 17.9 Å². The van der Waals surface area contributed by atoms with Crippen molar-refractivity contribution in [1.29, 1.82) is 0 Å². The second kappa shape index (κ2) is 13.2. The molecule has 1 atom stereocenters. The van der Waals surface area contributed by atoms with Gasteiger partial charge in [-0.15, -0.1) is 0 Å². The molecule has 7 nitrogen and oxygen atoms in total. The monoisotopic (exact) mass is 579 g/mol. The van der Waals surface area contributed by atoms with Gasteiger partial charge in [-0.2, -0.15) is 0 Å². The molecule has 2 amide bonds. The van der Waals surface area contributed by atoms with Gasteiger partial charge < -0.3 is 10.2 Å². The number of hydrogen-bond donors (Lipinski definition) is 1. The minimum atomic E-state index is -3.53. The number of rotatable bonds is 12. The summed E-state index contributed by atoms with van der Waals surface area (Å²) in [6.45, 7) is 10.6. The molecule has 0 bridgehead atoms. The quantitative estimate of drug-likeness (QED) is 0.391. The first kappa shape index (κ1) is 29.8. The Kier molecular flexibility index (Phi) is 11.0. The molecule has 2 aromatic carbocycles. The zero-order valence-corrected chi connectivity index (χ0v) is 24.4. The summed E-state index contributed by atoms with van der Waals surface area (Å²) in [5.74, 6) is -0.106. The second-order valence-corrected chi connectivity index (χ2v) is 12.4. The maximum atomic E-state index is 13.4. The van der Waals surface area contributed by atoms with Crippen LogP contribution in [-0.2, 0) is 26.2 Å². The molecule has 0 aliphatic rings. The fourth-order valence-corrected chi connectivity index (χ4v) is 5.09. The van der Waals surface area contributed by atoms with Crippen LogP contribution >= 0.6 is 15.9 Å². The van der Waals surface area contributed by atoms with Gasteiger partial charge in [0, 0.05) is 30.5 Å². The molecule has 2 rings (SSSR count). The highest BCUT2D eigenvalue weighted by atomic mass is 79.9. The van der Waals surface area contributed by atoms with E-state index in [2.05, 4.69) is 21.2 Å². The third-order valence-corrected chi connectivity index (χ3v) is 7.82. The van der Waals surface area contributed by atoms with E-state index < -0.39 is 16.1 Å². The standard InChI is InChI=1S/C27H38BrN3O4S/c1-19(2)17-29-27(33)22(5)30(18-23-12-14-24(28)15-13-23)26(32)11-8-16-31(36(6,34)35)25-10-7-9-20(3)21(25)4/h7,9-10,12-15,19,22H,8,11,16-18H2,1-6H3,(H,29,33)/t22-/m0/s1. The Bertz CT molecular complexity index is 1150. The van der Waals surface area contributed by atoms with Crippen molar-refractivity contribution < 1.29 is 18.0 Å². The van der Waals surface area contributed by atoms with Crippen LogP contribution in [0.25, 0.3) is 0 Å². The number of benzene rings is 2. The maximum Gasteiger partial charge on any atom is 0.242 e. The predicted molar refractivity (Wildman–Crippen MR) is 149 cm³/mol. The third-order valence-electron chi connectivity index (χ3n) is 6.11. The average molecular weight is 581 g/mol. The van der Waals surface area contributed by atoms with Crippen LogP contribution in [-0.4, -0.2) is 50.5 Å². The van der Waals surface area contributed by atoms with Crippen molar-refractivity contribution in [2.24, 2.45) is 5.92 Å². The Hall–Kier alpha value is -2.39. The Morgan fingerprint density at radius 2 is 1.67 bits per heavy atom. The van der Waals surface area contributed by atoms with Crippen molar-refractivity contribution in [3.8, 4) is 0 Å². The molecule has 2 aromatic rings. The molecule has 0 fully saturated rings. The van der Waals surface area contributed by atoms with Crippen LogP contribution in [0.1, 0.15) is 50.3 Å². The van der Waals surface area contributed by atoms with Gasteiger partial charge >= 0.3 is 0 Å². The fourth-order valence-electron chi connectivity index (χ4n) is 3.81. The van der Waals surface area contributed by atoms with Gasteiger partial charge in [-0.1, -0.05) is 54.0 Å². The van der Waals surface area contributed by atoms with Crippen LogP contribution in [0.4, 0.5) is 5.69 Å². The van der Waals surface area contributed by atoms with Crippen molar-refractivity contribution in [1.82, 2.24) is 10.2 Å². The van der Waals surface area contributed by atoms with Crippen molar-refractivity contribution in [3.63, 3.8) is 0 Å². The van der Waals surface area contributed by atoms with E-state index in [1.807, 2.05) is 64.1 Å². The minimum Gasteiger partial charge on any atom is -0.354 e. The predicted octanol–water partition coefficient (Wildman–Crippen LogP) is 4.80. The van der Waals surface area contributed by atoms with E-state index in [1.165, 1.54) is 10.6 Å². The van der Waals surface area contributed by atoms with E-state index >= 15 is 0 Å². The summed E-state index contributed by atoms with van der Waals surface area (Å²) in [5.41, 5.74) is 3.42. The zero-order chi connectivity index (χ0) is 27.0. The summed E-state index contributed by atoms with van der Waals surface area (Å²) in [7, 11) is -3.53. The van der Waals surface area contributed by atoms with Crippen LogP contribution in [0, 0.1) is 19.8 Å². The van der Waals surface area contributed by atoms with E-state index in [0.717, 1.165) is 21.2 Å². The topological polar surface area (TPSA) is 86.8 Å². The van der Waals surface area contributed by atoms with Gasteiger partial charge in [-0.3, -0.25) is 13.9 Å². The highest BCUT2D eigenvalue weighted by Gasteiger charge is 2.27. The Balaban J connectivity index is 2.19. The number of nitrogens with zero attached hydrogens (tertiary/aromatic N) is 2. The third kappa shape index (κ3) is 8.62. The lowest BCUT2D eigenvalue weighted by atomic mass is 10.1. The highest BCUT2D eigenvalue weighted by Crippen LogP contribution is 2.25. The zero-order valence-electron chi connectivity index (χ0n) is 22.0. The van der Waals surface area contributed by atoms with E-state index in [0.29, 0.717) is 24.6 Å². The number of carbonyl (C=O) groups excluding carboxylic acids is 2. The molecule has 0 saturated carbocycles. The van der Waals surface area contributed by atoms with E-state index in [9.17, 15) is 18.0 Å². The fraction of sp³-hybridized carbons (Fsp3) is 0.481. The summed E-state index contributed by atoms with van der Waals surface area (Å²) >= 11 is 3.42. The lowest BCUT2D eigenvalue weighted by molar-refractivity contribution is -0.140. The first-order valence-corrected chi connectivity index (χ1v) is 14.8. The van der Waals surface area contributed by atoms with E-state index in [4.69, 9.17) is 0 Å². The normalized spacial score (nSPS) is 12.3. The number of anilines is 1. The molecule has 0 unspecified atom stereocenters. The molecule has 36 heavy (non-hydrogen) atoms. The molecule has 0 aliphatic heterocycles. The molecular formula is C27H38BrN3O4S. The van der Waals surface area contributed by atoms with Gasteiger partial charge in [0.05, 0.1) is 11.9 Å². The molecule has 0 spiro atoms. The van der Waals surface area contributed by atoms with Crippen LogP contribution in [0.5, 0.6) is 0 Å². The van der Waals surface area contributed by atoms with Gasteiger partial charge in [-0.25, -0.2) is 8.42 Å². The first-order chi connectivity index (χ1) is 16.8. The maximum absolute atomic E-state index is 13.4. The van der Waals surface area contributed by atoms with Gasteiger partial charge in [0.15, 0.2) is 0 Å². The van der Waals surface area contributed by atoms with Crippen LogP contribution in [0.15, 0.2) is 46.9 Å². The molecule has 0 saturated heterocycles. The SMILES string of the molecule is Cc1cccc(N(CCCC(=O)N(Cc2ccc(Br)cc2)[C@@H](C)C(=O)NCC(C)C)S(C)(=O)=O)c1C. The number of nitrogens with one attached hydrogen (secondary N) is 1. The molecule has 0 heterocycles. The van der Waals surface area contributed by atoms with Gasteiger partial charge in [0.25, 0.3) is 0 Å². The number of aryl methyl sites for hydroxylation is 1. The smallest absolute Gasteiger partial charge is 0.242 e. The molecule has 0 aliphatic carbocycles.